The molecule has 0 atom stereocenters. The van der Waals surface area contributed by atoms with Gasteiger partial charge in [0.15, 0.2) is 0 Å². The lowest BCUT2D eigenvalue weighted by Gasteiger charge is -2.09. The molecular formula is C29H41FN2O4. The minimum Gasteiger partial charge on any atom is -0.274 e. The molecule has 0 unspecified atom stereocenters. The molecule has 0 spiro atoms. The van der Waals surface area contributed by atoms with E-state index in [4.69, 9.17) is 0 Å². The minimum atomic E-state index is -1.36. The fraction of sp³-hybridized carbons (Fsp3) is 0.586. The van der Waals surface area contributed by atoms with E-state index in [2.05, 4.69) is 6.92 Å². The van der Waals surface area contributed by atoms with Gasteiger partial charge in [0.1, 0.15) is 0 Å². The zero-order valence-electron chi connectivity index (χ0n) is 21.7. The van der Waals surface area contributed by atoms with E-state index in [1.54, 1.807) is 18.2 Å². The van der Waals surface area contributed by atoms with Crippen LogP contribution in [0.4, 0.5) is 4.39 Å². The highest BCUT2D eigenvalue weighted by Crippen LogP contribution is 2.14. The largest absolute Gasteiger partial charge is 0.345 e. The quantitative estimate of drug-likeness (QED) is 0.225. The number of benzene rings is 1. The van der Waals surface area contributed by atoms with E-state index in [-0.39, 0.29) is 16.6 Å². The molecule has 0 radical (unpaired) electrons. The average molecular weight is 501 g/mol. The Morgan fingerprint density at radius 2 is 1.19 bits per heavy atom. The van der Waals surface area contributed by atoms with Crippen molar-refractivity contribution < 1.29 is 14.0 Å². The molecule has 0 saturated carbocycles. The van der Waals surface area contributed by atoms with Crippen LogP contribution in [-0.4, -0.2) is 20.9 Å². The Labute approximate surface area is 213 Å². The maximum atomic E-state index is 14.2. The van der Waals surface area contributed by atoms with Gasteiger partial charge in [-0.15, -0.1) is 0 Å². The second kappa shape index (κ2) is 16.8. The molecule has 0 aliphatic heterocycles. The molecule has 7 heteroatoms. The monoisotopic (exact) mass is 500 g/mol. The molecule has 36 heavy (non-hydrogen) atoms. The van der Waals surface area contributed by atoms with Crippen LogP contribution in [0.3, 0.4) is 0 Å². The topological polar surface area (TPSA) is 78.1 Å². The Morgan fingerprint density at radius 3 is 1.69 bits per heavy atom. The molecule has 0 aliphatic carbocycles. The van der Waals surface area contributed by atoms with Crippen LogP contribution in [0.1, 0.15) is 125 Å². The van der Waals surface area contributed by atoms with Crippen LogP contribution < -0.4 is 11.2 Å². The van der Waals surface area contributed by atoms with Crippen LogP contribution in [-0.2, 0) is 0 Å². The maximum Gasteiger partial charge on any atom is 0.345 e. The van der Waals surface area contributed by atoms with Crippen LogP contribution in [0.5, 0.6) is 0 Å². The molecule has 2 rings (SSSR count). The SMILES string of the molecule is CCCCCCCCCCCCCCCCCC(=O)n1cc(F)c(=O)n(C(=O)c2ccccc2)c1=O. The van der Waals surface area contributed by atoms with Crippen LogP contribution >= 0.6 is 0 Å². The number of halogens is 1. The molecule has 6 nitrogen and oxygen atoms in total. The average Bonchev–Trinajstić information content (AvgIpc) is 2.88. The van der Waals surface area contributed by atoms with Gasteiger partial charge in [-0.3, -0.25) is 14.4 Å². The third kappa shape index (κ3) is 9.67. The van der Waals surface area contributed by atoms with Gasteiger partial charge in [0.05, 0.1) is 6.20 Å². The predicted molar refractivity (Wildman–Crippen MR) is 141 cm³/mol. The zero-order valence-corrected chi connectivity index (χ0v) is 21.7. The van der Waals surface area contributed by atoms with Crippen molar-refractivity contribution in [3.8, 4) is 0 Å². The van der Waals surface area contributed by atoms with Crippen molar-refractivity contribution in [3.05, 3.63) is 68.7 Å². The fourth-order valence-corrected chi connectivity index (χ4v) is 4.36. The van der Waals surface area contributed by atoms with Crippen LogP contribution in [0.15, 0.2) is 46.1 Å². The standard InChI is InChI=1S/C29H41FN2O4/c1-2-3-4-5-6-7-8-9-10-11-12-13-14-15-19-22-26(33)31-23-25(30)28(35)32(29(31)36)27(34)24-20-17-16-18-21-24/h16-18,20-21,23H,2-15,19,22H2,1H3. The number of hydrogen-bond acceptors (Lipinski definition) is 4. The van der Waals surface area contributed by atoms with Gasteiger partial charge in [-0.1, -0.05) is 115 Å². The van der Waals surface area contributed by atoms with Crippen molar-refractivity contribution in [1.29, 1.82) is 0 Å². The number of hydrogen-bond donors (Lipinski definition) is 0. The molecule has 0 saturated heterocycles. The Balaban J connectivity index is 1.69. The first-order valence-corrected chi connectivity index (χ1v) is 13.6. The molecule has 2 aromatic rings. The fourth-order valence-electron chi connectivity index (χ4n) is 4.36. The van der Waals surface area contributed by atoms with Crippen LogP contribution in [0, 0.1) is 5.82 Å². The minimum absolute atomic E-state index is 0.0509. The zero-order chi connectivity index (χ0) is 26.2. The second-order valence-electron chi connectivity index (χ2n) is 9.53. The van der Waals surface area contributed by atoms with Crippen molar-refractivity contribution in [3.63, 3.8) is 0 Å². The summed E-state index contributed by atoms with van der Waals surface area (Å²) in [4.78, 5) is 49.9. The summed E-state index contributed by atoms with van der Waals surface area (Å²) < 4.78 is 14.9. The van der Waals surface area contributed by atoms with Crippen molar-refractivity contribution in [2.75, 3.05) is 0 Å². The molecule has 198 valence electrons. The molecule has 0 aliphatic rings. The molecule has 1 heterocycles. The first kappa shape index (κ1) is 29.4. The summed E-state index contributed by atoms with van der Waals surface area (Å²) in [7, 11) is 0. The second-order valence-corrected chi connectivity index (χ2v) is 9.53. The van der Waals surface area contributed by atoms with Crippen molar-refractivity contribution in [2.24, 2.45) is 0 Å². The number of rotatable bonds is 17. The van der Waals surface area contributed by atoms with Gasteiger partial charge in [0, 0.05) is 12.0 Å². The van der Waals surface area contributed by atoms with Crippen molar-refractivity contribution in [1.82, 2.24) is 9.13 Å². The number of aromatic nitrogens is 2. The summed E-state index contributed by atoms with van der Waals surface area (Å²) in [5.74, 6) is -2.90. The van der Waals surface area contributed by atoms with Crippen LogP contribution in [0.25, 0.3) is 0 Å². The smallest absolute Gasteiger partial charge is 0.274 e. The lowest BCUT2D eigenvalue weighted by molar-refractivity contribution is 0.0882. The van der Waals surface area contributed by atoms with E-state index in [0.29, 0.717) is 17.2 Å². The summed E-state index contributed by atoms with van der Waals surface area (Å²) in [6.45, 7) is 2.24. The number of nitrogens with zero attached hydrogens (tertiary/aromatic N) is 2. The number of unbranched alkanes of at least 4 members (excludes halogenated alkanes) is 14. The van der Waals surface area contributed by atoms with E-state index in [9.17, 15) is 23.6 Å². The van der Waals surface area contributed by atoms with Gasteiger partial charge in [-0.05, 0) is 18.6 Å². The van der Waals surface area contributed by atoms with E-state index in [0.717, 1.165) is 19.3 Å². The molecule has 1 aromatic heterocycles. The molecule has 1 aromatic carbocycles. The summed E-state index contributed by atoms with van der Waals surface area (Å²) >= 11 is 0. The lowest BCUT2D eigenvalue weighted by Crippen LogP contribution is -2.46. The first-order chi connectivity index (χ1) is 17.5. The highest BCUT2D eigenvalue weighted by Gasteiger charge is 2.21. The Kier molecular flexibility index (Phi) is 13.7. The van der Waals surface area contributed by atoms with Gasteiger partial charge in [0.2, 0.25) is 11.7 Å². The van der Waals surface area contributed by atoms with E-state index in [1.807, 2.05) is 0 Å². The Morgan fingerprint density at radius 1 is 0.722 bits per heavy atom. The van der Waals surface area contributed by atoms with Gasteiger partial charge < -0.3 is 0 Å². The van der Waals surface area contributed by atoms with Crippen molar-refractivity contribution >= 4 is 11.8 Å². The molecular weight excluding hydrogens is 459 g/mol. The van der Waals surface area contributed by atoms with Gasteiger partial charge in [-0.25, -0.2) is 9.36 Å². The first-order valence-electron chi connectivity index (χ1n) is 13.6. The Bertz CT molecular complexity index is 1060. The normalized spacial score (nSPS) is 11.1. The van der Waals surface area contributed by atoms with E-state index in [1.165, 1.54) is 82.8 Å². The molecule has 0 fully saturated rings. The van der Waals surface area contributed by atoms with E-state index < -0.39 is 28.9 Å². The molecule has 0 amide bonds. The molecule has 0 N–H and O–H groups in total. The summed E-state index contributed by atoms with van der Waals surface area (Å²) in [5, 5.41) is 0. The summed E-state index contributed by atoms with van der Waals surface area (Å²) in [6.07, 6.45) is 18.6. The van der Waals surface area contributed by atoms with E-state index >= 15 is 0 Å². The van der Waals surface area contributed by atoms with Crippen LogP contribution in [0.2, 0.25) is 0 Å². The van der Waals surface area contributed by atoms with Gasteiger partial charge >= 0.3 is 5.69 Å². The highest BCUT2D eigenvalue weighted by molar-refractivity contribution is 5.95. The maximum absolute atomic E-state index is 14.2. The highest BCUT2D eigenvalue weighted by atomic mass is 19.1. The lowest BCUT2D eigenvalue weighted by atomic mass is 10.0. The third-order valence-electron chi connectivity index (χ3n) is 6.53. The third-order valence-corrected chi connectivity index (χ3v) is 6.53. The Hall–Kier alpha value is -2.83. The van der Waals surface area contributed by atoms with Gasteiger partial charge in [-0.2, -0.15) is 8.96 Å². The molecule has 0 bridgehead atoms. The number of carbonyl (C=O) groups excluding carboxylic acids is 2. The summed E-state index contributed by atoms with van der Waals surface area (Å²) in [6, 6.07) is 7.64. The van der Waals surface area contributed by atoms with Crippen molar-refractivity contribution in [2.45, 2.75) is 110 Å². The number of carbonyl (C=O) groups is 2. The van der Waals surface area contributed by atoms with Gasteiger partial charge in [0.25, 0.3) is 11.5 Å². The summed E-state index contributed by atoms with van der Waals surface area (Å²) in [5.41, 5.74) is -2.44. The predicted octanol–water partition coefficient (Wildman–Crippen LogP) is 6.74.